The highest BCUT2D eigenvalue weighted by Gasteiger charge is 2.27. The van der Waals surface area contributed by atoms with Gasteiger partial charge in [-0.05, 0) is 104 Å². The molecule has 3 aromatic heterocycles. The number of thioether (sulfide) groups is 1. The quantitative estimate of drug-likeness (QED) is 0.209. The molecule has 2 aliphatic rings. The summed E-state index contributed by atoms with van der Waals surface area (Å²) in [6.45, 7) is 9.51. The van der Waals surface area contributed by atoms with Gasteiger partial charge in [-0.2, -0.15) is 25.4 Å². The van der Waals surface area contributed by atoms with Crippen molar-refractivity contribution < 1.29 is 26.9 Å². The molecule has 3 N–H and O–H groups in total. The van der Waals surface area contributed by atoms with Gasteiger partial charge in [0.25, 0.3) is 16.0 Å². The number of carbonyl (C=O) groups is 2. The number of nitrogens with zero attached hydrogens (tertiary/aromatic N) is 4. The molecule has 2 fully saturated rings. The fourth-order valence-corrected chi connectivity index (χ4v) is 7.62. The van der Waals surface area contributed by atoms with Crippen LogP contribution in [-0.2, 0) is 19.0 Å². The first kappa shape index (κ1) is 39.9. The second-order valence-electron chi connectivity index (χ2n) is 14.4. The van der Waals surface area contributed by atoms with Crippen LogP contribution in [0.5, 0.6) is 0 Å². The number of aromatic nitrogens is 3. The molecule has 0 aliphatic heterocycles. The van der Waals surface area contributed by atoms with Crippen molar-refractivity contribution in [3.05, 3.63) is 47.9 Å². The van der Waals surface area contributed by atoms with E-state index in [4.69, 9.17) is 14.2 Å². The maximum Gasteiger partial charge on any atom is 0.407 e. The minimum Gasteiger partial charge on any atom is -0.444 e. The summed E-state index contributed by atoms with van der Waals surface area (Å²) in [6, 6.07) is 8.11. The molecule has 3 heterocycles. The Kier molecular flexibility index (Phi) is 13.7. The van der Waals surface area contributed by atoms with E-state index in [1.54, 1.807) is 18.5 Å². The first-order valence-electron chi connectivity index (χ1n) is 17.4. The van der Waals surface area contributed by atoms with Gasteiger partial charge in [0, 0.05) is 53.4 Å². The molecular weight excluding hydrogens is 691 g/mol. The van der Waals surface area contributed by atoms with Crippen LogP contribution in [0, 0.1) is 11.3 Å². The number of alkyl carbamates (subject to hydrolysis) is 1. The maximum absolute atomic E-state index is 13.1. The first-order chi connectivity index (χ1) is 24.0. The third-order valence-corrected chi connectivity index (χ3v) is 10.3. The number of hydrogen-bond donors (Lipinski definition) is 3. The van der Waals surface area contributed by atoms with Crippen molar-refractivity contribution in [2.75, 3.05) is 17.8 Å². The van der Waals surface area contributed by atoms with Gasteiger partial charge in [0.2, 0.25) is 0 Å². The Morgan fingerprint density at radius 2 is 1.65 bits per heavy atom. The summed E-state index contributed by atoms with van der Waals surface area (Å²) in [4.78, 5) is 33.7. The molecule has 0 unspecified atom stereocenters. The average molecular weight is 742 g/mol. The van der Waals surface area contributed by atoms with Gasteiger partial charge in [0.1, 0.15) is 23.1 Å². The third-order valence-electron chi connectivity index (χ3n) is 8.53. The number of pyridine rings is 2. The fraction of sp³-hybridized carbons (Fsp3) is 0.583. The average Bonchev–Trinajstić information content (AvgIpc) is 3.48. The Bertz CT molecular complexity index is 1800. The monoisotopic (exact) mass is 741 g/mol. The molecule has 0 radical (unpaired) electrons. The van der Waals surface area contributed by atoms with Gasteiger partial charge in [-0.15, -0.1) is 0 Å². The Balaban J connectivity index is 0.000000263. The minimum atomic E-state index is -3.40. The van der Waals surface area contributed by atoms with E-state index in [0.29, 0.717) is 47.9 Å². The predicted molar refractivity (Wildman–Crippen MR) is 201 cm³/mol. The van der Waals surface area contributed by atoms with E-state index in [2.05, 4.69) is 38.2 Å². The second kappa shape index (κ2) is 17.6. The van der Waals surface area contributed by atoms with Crippen molar-refractivity contribution in [1.29, 1.82) is 5.26 Å². The van der Waals surface area contributed by atoms with Crippen LogP contribution >= 0.6 is 11.8 Å². The molecule has 278 valence electrons. The summed E-state index contributed by atoms with van der Waals surface area (Å²) in [7, 11) is -3.40. The molecule has 0 spiro atoms. The summed E-state index contributed by atoms with van der Waals surface area (Å²) in [5.74, 6) is 0.575. The summed E-state index contributed by atoms with van der Waals surface area (Å²) in [5, 5.41) is 20.1. The van der Waals surface area contributed by atoms with Crippen molar-refractivity contribution in [2.24, 2.45) is 0 Å². The molecule has 0 atom stereocenters. The summed E-state index contributed by atoms with van der Waals surface area (Å²) >= 11 is 1.92. The zero-order valence-electron chi connectivity index (χ0n) is 30.6. The molecule has 2 saturated carbocycles. The lowest BCUT2D eigenvalue weighted by Crippen LogP contribution is -2.42. The van der Waals surface area contributed by atoms with E-state index >= 15 is 0 Å². The van der Waals surface area contributed by atoms with Crippen molar-refractivity contribution in [2.45, 2.75) is 121 Å². The number of amides is 2. The van der Waals surface area contributed by atoms with E-state index in [1.807, 2.05) is 69.3 Å². The number of hydrogen-bond acceptors (Lipinski definition) is 11. The number of nitrogens with one attached hydrogen (secondary N) is 3. The lowest BCUT2D eigenvalue weighted by atomic mass is 9.93. The van der Waals surface area contributed by atoms with Gasteiger partial charge in [-0.25, -0.2) is 14.8 Å². The van der Waals surface area contributed by atoms with Crippen LogP contribution in [0.3, 0.4) is 0 Å². The zero-order chi connectivity index (χ0) is 37.3. The zero-order valence-corrected chi connectivity index (χ0v) is 32.2. The Labute approximate surface area is 305 Å². The molecular formula is C36H51N7O6S2. The highest BCUT2D eigenvalue weighted by Crippen LogP contribution is 2.28. The Morgan fingerprint density at radius 1 is 1.00 bits per heavy atom. The molecule has 51 heavy (non-hydrogen) atoms. The normalized spacial score (nSPS) is 20.8. The van der Waals surface area contributed by atoms with Crippen LogP contribution < -0.4 is 16.0 Å². The van der Waals surface area contributed by atoms with Gasteiger partial charge < -0.3 is 20.7 Å². The van der Waals surface area contributed by atoms with Crippen LogP contribution in [0.25, 0.3) is 16.9 Å². The maximum atomic E-state index is 13.1. The summed E-state index contributed by atoms with van der Waals surface area (Å²) in [6.07, 6.45) is 14.5. The molecule has 0 aromatic carbocycles. The van der Waals surface area contributed by atoms with Crippen LogP contribution in [-0.4, -0.2) is 82.5 Å². The number of fused-ring (bicyclic) bond motifs is 1. The molecule has 0 bridgehead atoms. The number of anilines is 1. The molecule has 5 rings (SSSR count). The molecule has 15 heteroatoms. The lowest BCUT2D eigenvalue weighted by molar-refractivity contribution is 0.0472. The number of carbonyl (C=O) groups excluding carboxylic acids is 2. The van der Waals surface area contributed by atoms with Gasteiger partial charge in [-0.1, -0.05) is 0 Å². The third kappa shape index (κ3) is 12.4. The lowest BCUT2D eigenvalue weighted by Gasteiger charge is -2.29. The van der Waals surface area contributed by atoms with E-state index in [9.17, 15) is 18.0 Å². The molecule has 3 aromatic rings. The van der Waals surface area contributed by atoms with Crippen LogP contribution in [0.15, 0.2) is 36.8 Å². The van der Waals surface area contributed by atoms with Gasteiger partial charge in [0.05, 0.1) is 29.2 Å². The fourth-order valence-electron chi connectivity index (χ4n) is 6.19. The minimum absolute atomic E-state index is 0.0225. The molecule has 0 saturated heterocycles. The summed E-state index contributed by atoms with van der Waals surface area (Å²) in [5.41, 5.74) is 2.01. The highest BCUT2D eigenvalue weighted by molar-refractivity contribution is 7.99. The molecule has 2 amide bonds. The number of nitriles is 1. The SMILES string of the molecule is CC(C)(C)OC(=O)NC1CCC(OS(C)(=O)=O)CC1.CSC1CCC(NC(=O)c2cnc(-n3ccc4cc(C#N)cnc43)cc2NC(C)C)CC1. The highest BCUT2D eigenvalue weighted by atomic mass is 32.2. The van der Waals surface area contributed by atoms with Crippen LogP contribution in [0.4, 0.5) is 10.5 Å². The van der Waals surface area contributed by atoms with Crippen molar-refractivity contribution in [1.82, 2.24) is 25.2 Å². The van der Waals surface area contributed by atoms with Gasteiger partial charge in [0.15, 0.2) is 0 Å². The molecule has 13 nitrogen and oxygen atoms in total. The van der Waals surface area contributed by atoms with E-state index in [1.165, 1.54) is 0 Å². The Morgan fingerprint density at radius 3 is 2.24 bits per heavy atom. The number of rotatable bonds is 9. The predicted octanol–water partition coefficient (Wildman–Crippen LogP) is 6.31. The van der Waals surface area contributed by atoms with Crippen LogP contribution in [0.1, 0.15) is 102 Å². The topological polar surface area (TPSA) is 177 Å². The summed E-state index contributed by atoms with van der Waals surface area (Å²) < 4.78 is 34.0. The van der Waals surface area contributed by atoms with E-state index in [-0.39, 0.29) is 30.1 Å². The second-order valence-corrected chi connectivity index (χ2v) is 17.2. The van der Waals surface area contributed by atoms with Gasteiger partial charge >= 0.3 is 6.09 Å². The largest absolute Gasteiger partial charge is 0.444 e. The Hall–Kier alpha value is -3.87. The smallest absolute Gasteiger partial charge is 0.407 e. The van der Waals surface area contributed by atoms with Gasteiger partial charge in [-0.3, -0.25) is 13.5 Å². The van der Waals surface area contributed by atoms with E-state index < -0.39 is 21.8 Å². The van der Waals surface area contributed by atoms with Crippen molar-refractivity contribution in [3.8, 4) is 11.9 Å². The van der Waals surface area contributed by atoms with Crippen molar-refractivity contribution in [3.63, 3.8) is 0 Å². The first-order valence-corrected chi connectivity index (χ1v) is 20.5. The molecule has 2 aliphatic carbocycles. The number of ether oxygens (including phenoxy) is 1. The standard InChI is InChI=1S/C24H28N6OS.C12H23NO5S/c1-15(2)28-21-11-22(30-9-8-17-10-16(12-25)13-27-23(17)30)26-14-20(21)24(31)29-18-4-6-19(32-3)7-5-18;1-12(2,3)17-11(14)13-9-5-7-10(8-6-9)18-19(4,15)16/h8-11,13-15,18-19H,4-7H2,1-3H3,(H,26,28)(H,29,31);9-10H,5-8H2,1-4H3,(H,13,14). The van der Waals surface area contributed by atoms with Crippen molar-refractivity contribution >= 4 is 50.6 Å². The van der Waals surface area contributed by atoms with Crippen LogP contribution in [0.2, 0.25) is 0 Å². The van der Waals surface area contributed by atoms with E-state index in [0.717, 1.165) is 48.7 Å².